The van der Waals surface area contributed by atoms with Crippen molar-refractivity contribution in [3.63, 3.8) is 0 Å². The Morgan fingerprint density at radius 2 is 2.07 bits per heavy atom. The summed E-state index contributed by atoms with van der Waals surface area (Å²) in [7, 11) is -1.07. The number of nitrogens with one attached hydrogen (secondary N) is 2. The van der Waals surface area contributed by atoms with Crippen LogP contribution in [0.1, 0.15) is 12.8 Å². The van der Waals surface area contributed by atoms with E-state index in [2.05, 4.69) is 15.1 Å². The molecule has 158 valence electrons. The molecule has 2 aromatic rings. The molecule has 0 unspecified atom stereocenters. The Balaban J connectivity index is 1.80. The van der Waals surface area contributed by atoms with Crippen molar-refractivity contribution >= 4 is 39.2 Å². The second-order valence-corrected chi connectivity index (χ2v) is 8.44. The van der Waals surface area contributed by atoms with Crippen LogP contribution in [0.2, 0.25) is 5.02 Å². The first kappa shape index (κ1) is 21.2. The molecule has 1 saturated heterocycles. The van der Waals surface area contributed by atoms with Crippen LogP contribution < -0.4 is 19.1 Å². The molecule has 3 rings (SSSR count). The van der Waals surface area contributed by atoms with E-state index in [0.29, 0.717) is 48.2 Å². The Hall–Kier alpha value is -2.50. The van der Waals surface area contributed by atoms with Crippen molar-refractivity contribution in [2.75, 3.05) is 29.9 Å². The molecule has 1 aromatic heterocycles. The number of hydrogen-bond donors (Lipinski definition) is 2. The van der Waals surface area contributed by atoms with E-state index >= 15 is 0 Å². The Morgan fingerprint density at radius 3 is 2.69 bits per heavy atom. The summed E-state index contributed by atoms with van der Waals surface area (Å²) < 4.78 is 41.3. The fourth-order valence-corrected chi connectivity index (χ4v) is 4.65. The zero-order valence-electron chi connectivity index (χ0n) is 16.0. The second-order valence-electron chi connectivity index (χ2n) is 6.45. The minimum atomic E-state index is -4.21. The van der Waals surface area contributed by atoms with Crippen molar-refractivity contribution < 1.29 is 22.7 Å². The van der Waals surface area contributed by atoms with Gasteiger partial charge in [0, 0.05) is 43.2 Å². The van der Waals surface area contributed by atoms with Gasteiger partial charge in [-0.05, 0) is 25.0 Å². The molecule has 29 heavy (non-hydrogen) atoms. The number of nitrogens with zero attached hydrogens (tertiary/aromatic N) is 3. The molecule has 2 N–H and O–H groups in total. The summed E-state index contributed by atoms with van der Waals surface area (Å²) in [5.74, 6) is 0.426. The average Bonchev–Trinajstić information content (AvgIpc) is 3.06. The van der Waals surface area contributed by atoms with Crippen LogP contribution in [0.3, 0.4) is 0 Å². The topological polar surface area (TPSA) is 115 Å². The number of urea groups is 1. The van der Waals surface area contributed by atoms with E-state index in [1.165, 1.54) is 34.4 Å². The van der Waals surface area contributed by atoms with Crippen LogP contribution in [0.25, 0.3) is 0 Å². The van der Waals surface area contributed by atoms with Gasteiger partial charge in [0.05, 0.1) is 25.0 Å². The van der Waals surface area contributed by atoms with Crippen LogP contribution in [0.15, 0.2) is 30.6 Å². The summed E-state index contributed by atoms with van der Waals surface area (Å²) in [6.07, 6.45) is 4.02. The number of methoxy groups -OCH3 is 1. The van der Waals surface area contributed by atoms with Gasteiger partial charge >= 0.3 is 16.2 Å². The highest BCUT2D eigenvalue weighted by Crippen LogP contribution is 2.26. The predicted molar refractivity (Wildman–Crippen MR) is 109 cm³/mol. The standard InChI is InChI=1S/C17H22ClN5O5S/c1-22-11-15(10-19-22)23(14-3-5-28-6-4-14)29(25,26)21-17(24)20-13-7-12(18)8-16(9-13)27-2/h7-11,14H,3-6H2,1-2H3,(H2,20,21,24). The maximum Gasteiger partial charge on any atom is 0.334 e. The summed E-state index contributed by atoms with van der Waals surface area (Å²) in [4.78, 5) is 12.4. The van der Waals surface area contributed by atoms with E-state index < -0.39 is 16.2 Å². The first-order valence-electron chi connectivity index (χ1n) is 8.82. The molecule has 2 amide bonds. The van der Waals surface area contributed by atoms with Crippen molar-refractivity contribution in [2.24, 2.45) is 7.05 Å². The third-order valence-electron chi connectivity index (χ3n) is 4.31. The minimum absolute atomic E-state index is 0.293. The average molecular weight is 444 g/mol. The summed E-state index contributed by atoms with van der Waals surface area (Å²) in [6.45, 7) is 0.872. The molecule has 0 radical (unpaired) electrons. The molecule has 1 aliphatic rings. The van der Waals surface area contributed by atoms with Crippen molar-refractivity contribution in [3.05, 3.63) is 35.6 Å². The normalized spacial score (nSPS) is 15.0. The number of amides is 2. The molecule has 0 aliphatic carbocycles. The van der Waals surface area contributed by atoms with Gasteiger partial charge < -0.3 is 14.8 Å². The number of hydrogen-bond acceptors (Lipinski definition) is 6. The van der Waals surface area contributed by atoms with Crippen LogP contribution in [0.4, 0.5) is 16.2 Å². The molecular formula is C17H22ClN5O5S. The van der Waals surface area contributed by atoms with Gasteiger partial charge in [-0.3, -0.25) is 4.68 Å². The highest BCUT2D eigenvalue weighted by atomic mass is 35.5. The van der Waals surface area contributed by atoms with Crippen molar-refractivity contribution in [1.29, 1.82) is 0 Å². The Kier molecular flexibility index (Phi) is 6.50. The number of ether oxygens (including phenoxy) is 2. The maximum absolute atomic E-state index is 13.1. The van der Waals surface area contributed by atoms with Crippen molar-refractivity contribution in [2.45, 2.75) is 18.9 Å². The molecule has 10 nitrogen and oxygen atoms in total. The third-order valence-corrected chi connectivity index (χ3v) is 6.00. The number of aryl methyl sites for hydroxylation is 1. The lowest BCUT2D eigenvalue weighted by Crippen LogP contribution is -2.51. The predicted octanol–water partition coefficient (Wildman–Crippen LogP) is 2.13. The molecule has 12 heteroatoms. The number of carbonyl (C=O) groups is 1. The van der Waals surface area contributed by atoms with Gasteiger partial charge in [-0.25, -0.2) is 13.8 Å². The quantitative estimate of drug-likeness (QED) is 0.706. The highest BCUT2D eigenvalue weighted by molar-refractivity contribution is 7.91. The molecule has 1 fully saturated rings. The molecule has 2 heterocycles. The van der Waals surface area contributed by atoms with E-state index in [0.717, 1.165) is 0 Å². The highest BCUT2D eigenvalue weighted by Gasteiger charge is 2.33. The smallest absolute Gasteiger partial charge is 0.334 e. The first-order chi connectivity index (χ1) is 13.8. The summed E-state index contributed by atoms with van der Waals surface area (Å²) in [6, 6.07) is 3.29. The van der Waals surface area contributed by atoms with Gasteiger partial charge in [0.15, 0.2) is 0 Å². The fourth-order valence-electron chi connectivity index (χ4n) is 3.06. The van der Waals surface area contributed by atoms with Crippen LogP contribution in [0.5, 0.6) is 5.75 Å². The van der Waals surface area contributed by atoms with Gasteiger partial charge in [-0.15, -0.1) is 0 Å². The molecular weight excluding hydrogens is 422 g/mol. The second kappa shape index (κ2) is 8.89. The van der Waals surface area contributed by atoms with Crippen LogP contribution in [-0.2, 0) is 22.0 Å². The van der Waals surface area contributed by atoms with Gasteiger partial charge in [-0.2, -0.15) is 13.5 Å². The van der Waals surface area contributed by atoms with E-state index in [9.17, 15) is 13.2 Å². The largest absolute Gasteiger partial charge is 0.497 e. The lowest BCUT2D eigenvalue weighted by molar-refractivity contribution is 0.0875. The number of benzene rings is 1. The minimum Gasteiger partial charge on any atom is -0.497 e. The zero-order chi connectivity index (χ0) is 21.0. The Labute approximate surface area is 173 Å². The monoisotopic (exact) mass is 443 g/mol. The van der Waals surface area contributed by atoms with E-state index in [1.54, 1.807) is 19.3 Å². The molecule has 0 spiro atoms. The van der Waals surface area contributed by atoms with Crippen LogP contribution in [-0.4, -0.2) is 50.6 Å². The lowest BCUT2D eigenvalue weighted by Gasteiger charge is -2.33. The van der Waals surface area contributed by atoms with Gasteiger partial charge in [0.2, 0.25) is 0 Å². The molecule has 0 atom stereocenters. The zero-order valence-corrected chi connectivity index (χ0v) is 17.5. The van der Waals surface area contributed by atoms with Crippen molar-refractivity contribution in [3.8, 4) is 5.75 Å². The van der Waals surface area contributed by atoms with E-state index in [4.69, 9.17) is 21.1 Å². The SMILES string of the molecule is COc1cc(Cl)cc(NC(=O)NS(=O)(=O)N(c2cnn(C)c2)C2CCOCC2)c1. The number of carbonyl (C=O) groups excluding carboxylic acids is 1. The Bertz CT molecular complexity index is 974. The summed E-state index contributed by atoms with van der Waals surface area (Å²) in [5.41, 5.74) is 0.658. The number of aromatic nitrogens is 2. The summed E-state index contributed by atoms with van der Waals surface area (Å²) >= 11 is 5.98. The van der Waals surface area contributed by atoms with Gasteiger partial charge in [0.1, 0.15) is 5.75 Å². The van der Waals surface area contributed by atoms with Crippen LogP contribution >= 0.6 is 11.6 Å². The number of anilines is 2. The molecule has 1 aliphatic heterocycles. The molecule has 0 bridgehead atoms. The van der Waals surface area contributed by atoms with E-state index in [1.807, 2.05) is 0 Å². The first-order valence-corrected chi connectivity index (χ1v) is 10.6. The summed E-state index contributed by atoms with van der Waals surface area (Å²) in [5, 5.41) is 6.84. The maximum atomic E-state index is 13.1. The van der Waals surface area contributed by atoms with E-state index in [-0.39, 0.29) is 6.04 Å². The third kappa shape index (κ3) is 5.31. The van der Waals surface area contributed by atoms with Gasteiger partial charge in [-0.1, -0.05) is 11.6 Å². The number of rotatable bonds is 6. The molecule has 0 saturated carbocycles. The van der Waals surface area contributed by atoms with Crippen molar-refractivity contribution in [1.82, 2.24) is 14.5 Å². The fraction of sp³-hybridized carbons (Fsp3) is 0.412. The van der Waals surface area contributed by atoms with Gasteiger partial charge in [0.25, 0.3) is 0 Å². The molecule has 1 aromatic carbocycles. The lowest BCUT2D eigenvalue weighted by atomic mass is 10.1. The Morgan fingerprint density at radius 1 is 1.34 bits per heavy atom. The van der Waals surface area contributed by atoms with Crippen LogP contribution in [0, 0.1) is 0 Å². The number of halogens is 1.